The fourth-order valence-corrected chi connectivity index (χ4v) is 3.30. The number of hydrogen-bond acceptors (Lipinski definition) is 8. The Hall–Kier alpha value is -3.07. The normalized spacial score (nSPS) is 14.5. The molecule has 0 aliphatic carbocycles. The topological polar surface area (TPSA) is 100 Å². The standard InChI is InChI=1S/C22H31N5O4/c1-22(2,3)31-21(29)27-12-10-26(11-13-27)18-15-17(16-7-5-6-8-19(16)28)24-25-20(18)23-9-14-30-4/h5-8,15,28H,9-14H2,1-4H3,(H,23,25). The van der Waals surface area contributed by atoms with Crippen molar-refractivity contribution in [2.45, 2.75) is 26.4 Å². The quantitative estimate of drug-likeness (QED) is 0.676. The summed E-state index contributed by atoms with van der Waals surface area (Å²) in [6, 6.07) is 8.97. The van der Waals surface area contributed by atoms with Gasteiger partial charge in [-0.3, -0.25) is 0 Å². The van der Waals surface area contributed by atoms with E-state index in [1.165, 1.54) is 0 Å². The summed E-state index contributed by atoms with van der Waals surface area (Å²) >= 11 is 0. The molecule has 1 saturated heterocycles. The number of piperazine rings is 1. The van der Waals surface area contributed by atoms with Gasteiger partial charge in [0.1, 0.15) is 11.4 Å². The Labute approximate surface area is 183 Å². The van der Waals surface area contributed by atoms with E-state index >= 15 is 0 Å². The zero-order valence-corrected chi connectivity index (χ0v) is 18.6. The van der Waals surface area contributed by atoms with Crippen molar-refractivity contribution < 1.29 is 19.4 Å². The number of nitrogens with one attached hydrogen (secondary N) is 1. The highest BCUT2D eigenvalue weighted by Gasteiger charge is 2.27. The largest absolute Gasteiger partial charge is 0.507 e. The van der Waals surface area contributed by atoms with Gasteiger partial charge in [-0.2, -0.15) is 0 Å². The molecule has 1 fully saturated rings. The average Bonchev–Trinajstić information content (AvgIpc) is 2.73. The Bertz CT molecular complexity index is 892. The number of carbonyl (C=O) groups excluding carboxylic acids is 1. The van der Waals surface area contributed by atoms with E-state index in [1.807, 2.05) is 39.0 Å². The summed E-state index contributed by atoms with van der Waals surface area (Å²) in [6.07, 6.45) is -0.298. The lowest BCUT2D eigenvalue weighted by molar-refractivity contribution is 0.0240. The minimum atomic E-state index is -0.520. The van der Waals surface area contributed by atoms with Gasteiger partial charge in [-0.25, -0.2) is 4.79 Å². The molecule has 0 unspecified atom stereocenters. The van der Waals surface area contributed by atoms with Crippen LogP contribution in [-0.4, -0.2) is 78.3 Å². The summed E-state index contributed by atoms with van der Waals surface area (Å²) in [5, 5.41) is 22.2. The van der Waals surface area contributed by atoms with Crippen LogP contribution in [0.3, 0.4) is 0 Å². The number of nitrogens with zero attached hydrogens (tertiary/aromatic N) is 4. The number of anilines is 2. The summed E-state index contributed by atoms with van der Waals surface area (Å²) in [4.78, 5) is 16.3. The molecular weight excluding hydrogens is 398 g/mol. The number of carbonyl (C=O) groups is 1. The number of para-hydroxylation sites is 1. The first-order chi connectivity index (χ1) is 14.8. The lowest BCUT2D eigenvalue weighted by atomic mass is 10.1. The van der Waals surface area contributed by atoms with Gasteiger partial charge in [-0.05, 0) is 39.0 Å². The fraction of sp³-hybridized carbons (Fsp3) is 0.500. The van der Waals surface area contributed by atoms with Crippen LogP contribution in [0.5, 0.6) is 5.75 Å². The maximum Gasteiger partial charge on any atom is 0.410 e. The van der Waals surface area contributed by atoms with Crippen LogP contribution >= 0.6 is 0 Å². The Morgan fingerprint density at radius 1 is 1.16 bits per heavy atom. The number of hydrogen-bond donors (Lipinski definition) is 2. The molecule has 0 radical (unpaired) electrons. The van der Waals surface area contributed by atoms with Gasteiger partial charge < -0.3 is 29.7 Å². The first kappa shape index (κ1) is 22.6. The number of aromatic hydroxyl groups is 1. The van der Waals surface area contributed by atoms with E-state index < -0.39 is 5.60 Å². The molecule has 1 aromatic heterocycles. The van der Waals surface area contributed by atoms with Gasteiger partial charge in [0.05, 0.1) is 18.0 Å². The first-order valence-electron chi connectivity index (χ1n) is 10.4. The van der Waals surface area contributed by atoms with Crippen molar-refractivity contribution in [2.75, 3.05) is 56.7 Å². The van der Waals surface area contributed by atoms with Crippen molar-refractivity contribution in [2.24, 2.45) is 0 Å². The predicted octanol–water partition coefficient (Wildman–Crippen LogP) is 2.96. The molecule has 2 aromatic rings. The summed E-state index contributed by atoms with van der Waals surface area (Å²) in [5.74, 6) is 0.791. The van der Waals surface area contributed by atoms with Crippen LogP contribution in [0, 0.1) is 0 Å². The van der Waals surface area contributed by atoms with E-state index in [2.05, 4.69) is 20.4 Å². The highest BCUT2D eigenvalue weighted by molar-refractivity contribution is 5.75. The van der Waals surface area contributed by atoms with Gasteiger partial charge in [0.25, 0.3) is 0 Å². The second kappa shape index (κ2) is 9.82. The number of phenols is 1. The molecule has 0 saturated carbocycles. The first-order valence-corrected chi connectivity index (χ1v) is 10.4. The van der Waals surface area contributed by atoms with E-state index in [-0.39, 0.29) is 11.8 Å². The van der Waals surface area contributed by atoms with E-state index in [0.717, 1.165) is 5.69 Å². The molecule has 0 bridgehead atoms. The number of amides is 1. The molecule has 31 heavy (non-hydrogen) atoms. The van der Waals surface area contributed by atoms with Crippen LogP contribution < -0.4 is 10.2 Å². The molecule has 168 valence electrons. The van der Waals surface area contributed by atoms with Crippen molar-refractivity contribution in [3.8, 4) is 17.0 Å². The summed E-state index contributed by atoms with van der Waals surface area (Å²) < 4.78 is 10.6. The van der Waals surface area contributed by atoms with Crippen molar-refractivity contribution in [3.63, 3.8) is 0 Å². The fourth-order valence-electron chi connectivity index (χ4n) is 3.30. The van der Waals surface area contributed by atoms with Crippen molar-refractivity contribution in [3.05, 3.63) is 30.3 Å². The Balaban J connectivity index is 1.80. The van der Waals surface area contributed by atoms with Crippen molar-refractivity contribution in [1.82, 2.24) is 15.1 Å². The molecule has 9 heteroatoms. The Morgan fingerprint density at radius 2 is 1.87 bits per heavy atom. The van der Waals surface area contributed by atoms with Crippen molar-refractivity contribution in [1.29, 1.82) is 0 Å². The zero-order chi connectivity index (χ0) is 22.4. The molecule has 2 heterocycles. The third kappa shape index (κ3) is 5.97. The maximum absolute atomic E-state index is 12.4. The van der Waals surface area contributed by atoms with E-state index in [0.29, 0.717) is 56.4 Å². The predicted molar refractivity (Wildman–Crippen MR) is 120 cm³/mol. The van der Waals surface area contributed by atoms with Crippen LogP contribution in [-0.2, 0) is 9.47 Å². The highest BCUT2D eigenvalue weighted by Crippen LogP contribution is 2.32. The number of methoxy groups -OCH3 is 1. The molecule has 1 aromatic carbocycles. The molecule has 3 rings (SSSR count). The molecule has 2 N–H and O–H groups in total. The van der Waals surface area contributed by atoms with E-state index in [4.69, 9.17) is 9.47 Å². The summed E-state index contributed by atoms with van der Waals surface area (Å²) in [5.41, 5.74) is 1.55. The minimum Gasteiger partial charge on any atom is -0.507 e. The smallest absolute Gasteiger partial charge is 0.410 e. The van der Waals surface area contributed by atoms with Crippen LogP contribution in [0.1, 0.15) is 20.8 Å². The summed E-state index contributed by atoms with van der Waals surface area (Å²) in [6.45, 7) is 9.06. The lowest BCUT2D eigenvalue weighted by Gasteiger charge is -2.37. The van der Waals surface area contributed by atoms with Gasteiger partial charge in [-0.1, -0.05) is 12.1 Å². The third-order valence-corrected chi connectivity index (χ3v) is 4.82. The zero-order valence-electron chi connectivity index (χ0n) is 18.6. The lowest BCUT2D eigenvalue weighted by Crippen LogP contribution is -2.50. The number of rotatable bonds is 6. The molecule has 1 amide bonds. The SMILES string of the molecule is COCCNc1nnc(-c2ccccc2O)cc1N1CCN(C(=O)OC(C)(C)C)CC1. The van der Waals surface area contributed by atoms with Gasteiger partial charge >= 0.3 is 6.09 Å². The molecule has 1 aliphatic rings. The van der Waals surface area contributed by atoms with E-state index in [9.17, 15) is 9.90 Å². The van der Waals surface area contributed by atoms with Crippen LogP contribution in [0.4, 0.5) is 16.3 Å². The van der Waals surface area contributed by atoms with Gasteiger partial charge in [-0.15, -0.1) is 10.2 Å². The number of ether oxygens (including phenoxy) is 2. The second-order valence-corrected chi connectivity index (χ2v) is 8.35. The summed E-state index contributed by atoms with van der Waals surface area (Å²) in [7, 11) is 1.64. The molecule has 0 atom stereocenters. The van der Waals surface area contributed by atoms with E-state index in [1.54, 1.807) is 24.1 Å². The van der Waals surface area contributed by atoms with Gasteiger partial charge in [0.2, 0.25) is 0 Å². The van der Waals surface area contributed by atoms with Crippen molar-refractivity contribution >= 4 is 17.6 Å². The van der Waals surface area contributed by atoms with Crippen LogP contribution in [0.25, 0.3) is 11.3 Å². The van der Waals surface area contributed by atoms with Gasteiger partial charge in [0, 0.05) is 45.4 Å². The maximum atomic E-state index is 12.4. The monoisotopic (exact) mass is 429 g/mol. The van der Waals surface area contributed by atoms with Gasteiger partial charge in [0.15, 0.2) is 5.82 Å². The second-order valence-electron chi connectivity index (χ2n) is 8.35. The molecule has 9 nitrogen and oxygen atoms in total. The molecular formula is C22H31N5O4. The molecule has 1 aliphatic heterocycles. The highest BCUT2D eigenvalue weighted by atomic mass is 16.6. The number of aromatic nitrogens is 2. The Morgan fingerprint density at radius 3 is 2.52 bits per heavy atom. The molecule has 0 spiro atoms. The third-order valence-electron chi connectivity index (χ3n) is 4.82. The number of benzene rings is 1. The Kier molecular flexibility index (Phi) is 7.17. The average molecular weight is 430 g/mol. The van der Waals surface area contributed by atoms with Crippen LogP contribution in [0.2, 0.25) is 0 Å². The number of phenolic OH excluding ortho intramolecular Hbond substituents is 1. The van der Waals surface area contributed by atoms with Crippen LogP contribution in [0.15, 0.2) is 30.3 Å². The minimum absolute atomic E-state index is 0.151.